The first-order valence-corrected chi connectivity index (χ1v) is 6.76. The Morgan fingerprint density at radius 2 is 2.00 bits per heavy atom. The van der Waals surface area contributed by atoms with Crippen LogP contribution in [0.5, 0.6) is 0 Å². The monoisotopic (exact) mass is 238 g/mol. The number of hydrogen-bond donors (Lipinski definition) is 0. The van der Waals surface area contributed by atoms with E-state index in [1.807, 2.05) is 19.9 Å². The van der Waals surface area contributed by atoms with Crippen molar-refractivity contribution in [1.82, 2.24) is 0 Å². The first-order chi connectivity index (χ1) is 7.66. The molecule has 1 aliphatic rings. The lowest BCUT2D eigenvalue weighted by Crippen LogP contribution is -2.20. The van der Waals surface area contributed by atoms with Crippen LogP contribution < -0.4 is 0 Å². The molecule has 2 rings (SSSR count). The summed E-state index contributed by atoms with van der Waals surface area (Å²) in [5.74, 6) is -0.131. The lowest BCUT2D eigenvalue weighted by Gasteiger charge is -2.21. The highest BCUT2D eigenvalue weighted by Crippen LogP contribution is 2.25. The van der Waals surface area contributed by atoms with Gasteiger partial charge in [0, 0.05) is 9.75 Å². The van der Waals surface area contributed by atoms with Gasteiger partial charge in [0.25, 0.3) is 0 Å². The van der Waals surface area contributed by atoms with Gasteiger partial charge in [0.05, 0.1) is 5.56 Å². The molecule has 1 fully saturated rings. The SMILES string of the molecule is Cc1cc(C(=O)OC2CCCCC2)c(C)s1. The molecule has 16 heavy (non-hydrogen) atoms. The fourth-order valence-electron chi connectivity index (χ4n) is 2.23. The van der Waals surface area contributed by atoms with E-state index in [2.05, 4.69) is 0 Å². The fourth-order valence-corrected chi connectivity index (χ4v) is 3.14. The Bertz CT molecular complexity index is 375. The number of esters is 1. The maximum absolute atomic E-state index is 11.9. The van der Waals surface area contributed by atoms with Gasteiger partial charge in [0.2, 0.25) is 0 Å². The van der Waals surface area contributed by atoms with Gasteiger partial charge in [-0.2, -0.15) is 0 Å². The molecule has 1 aromatic rings. The van der Waals surface area contributed by atoms with Crippen LogP contribution in [0.25, 0.3) is 0 Å². The van der Waals surface area contributed by atoms with E-state index in [4.69, 9.17) is 4.74 Å². The van der Waals surface area contributed by atoms with Crippen molar-refractivity contribution in [2.24, 2.45) is 0 Å². The van der Waals surface area contributed by atoms with Gasteiger partial charge in [-0.1, -0.05) is 6.42 Å². The third-order valence-corrected chi connectivity index (χ3v) is 4.05. The number of ether oxygens (including phenoxy) is 1. The molecule has 88 valence electrons. The van der Waals surface area contributed by atoms with E-state index in [1.54, 1.807) is 11.3 Å². The molecule has 1 aliphatic carbocycles. The van der Waals surface area contributed by atoms with Crippen molar-refractivity contribution in [3.8, 4) is 0 Å². The van der Waals surface area contributed by atoms with E-state index >= 15 is 0 Å². The van der Waals surface area contributed by atoms with Crippen LogP contribution in [0.4, 0.5) is 0 Å². The Hall–Kier alpha value is -0.830. The van der Waals surface area contributed by atoms with E-state index in [0.29, 0.717) is 0 Å². The molecule has 0 spiro atoms. The van der Waals surface area contributed by atoms with E-state index in [-0.39, 0.29) is 12.1 Å². The first-order valence-electron chi connectivity index (χ1n) is 5.95. The third-order valence-electron chi connectivity index (χ3n) is 3.09. The standard InChI is InChI=1S/C13H18O2S/c1-9-8-12(10(2)16-9)13(14)15-11-6-4-3-5-7-11/h8,11H,3-7H2,1-2H3. The summed E-state index contributed by atoms with van der Waals surface area (Å²) in [5, 5.41) is 0. The zero-order chi connectivity index (χ0) is 11.5. The molecule has 0 radical (unpaired) electrons. The van der Waals surface area contributed by atoms with E-state index in [9.17, 15) is 4.79 Å². The van der Waals surface area contributed by atoms with Crippen molar-refractivity contribution >= 4 is 17.3 Å². The zero-order valence-electron chi connectivity index (χ0n) is 9.91. The molecule has 0 atom stereocenters. The molecule has 2 nitrogen and oxygen atoms in total. The largest absolute Gasteiger partial charge is 0.459 e. The smallest absolute Gasteiger partial charge is 0.339 e. The zero-order valence-corrected chi connectivity index (χ0v) is 10.7. The average Bonchev–Trinajstić information content (AvgIpc) is 2.59. The molecule has 0 saturated heterocycles. The molecule has 3 heteroatoms. The number of hydrogen-bond acceptors (Lipinski definition) is 3. The van der Waals surface area contributed by atoms with Crippen LogP contribution in [0.15, 0.2) is 6.07 Å². The van der Waals surface area contributed by atoms with Crippen molar-refractivity contribution in [3.05, 3.63) is 21.4 Å². The van der Waals surface area contributed by atoms with Gasteiger partial charge < -0.3 is 4.74 Å². The van der Waals surface area contributed by atoms with Crippen molar-refractivity contribution < 1.29 is 9.53 Å². The van der Waals surface area contributed by atoms with Gasteiger partial charge in [0.1, 0.15) is 6.10 Å². The van der Waals surface area contributed by atoms with Gasteiger partial charge in [-0.25, -0.2) is 4.79 Å². The minimum absolute atomic E-state index is 0.131. The summed E-state index contributed by atoms with van der Waals surface area (Å²) < 4.78 is 5.54. The summed E-state index contributed by atoms with van der Waals surface area (Å²) in [6, 6.07) is 1.94. The molecule has 1 aromatic heterocycles. The number of carbonyl (C=O) groups is 1. The molecule has 0 aromatic carbocycles. The molecule has 0 aliphatic heterocycles. The summed E-state index contributed by atoms with van der Waals surface area (Å²) >= 11 is 1.66. The number of carbonyl (C=O) groups excluding carboxylic acids is 1. The first kappa shape index (κ1) is 11.6. The Morgan fingerprint density at radius 3 is 2.56 bits per heavy atom. The van der Waals surface area contributed by atoms with Crippen molar-refractivity contribution in [2.75, 3.05) is 0 Å². The second-order valence-electron chi connectivity index (χ2n) is 4.49. The number of aryl methyl sites for hydroxylation is 2. The van der Waals surface area contributed by atoms with Crippen LogP contribution >= 0.6 is 11.3 Å². The lowest BCUT2D eigenvalue weighted by atomic mass is 9.98. The maximum atomic E-state index is 11.9. The van der Waals surface area contributed by atoms with Gasteiger partial charge in [-0.05, 0) is 45.6 Å². The predicted molar refractivity (Wildman–Crippen MR) is 66.1 cm³/mol. The van der Waals surface area contributed by atoms with E-state index < -0.39 is 0 Å². The van der Waals surface area contributed by atoms with Gasteiger partial charge >= 0.3 is 5.97 Å². The quantitative estimate of drug-likeness (QED) is 0.731. The van der Waals surface area contributed by atoms with E-state index in [1.165, 1.54) is 24.1 Å². The van der Waals surface area contributed by atoms with Crippen LogP contribution in [-0.2, 0) is 4.74 Å². The van der Waals surface area contributed by atoms with Gasteiger partial charge in [-0.3, -0.25) is 0 Å². The topological polar surface area (TPSA) is 26.3 Å². The van der Waals surface area contributed by atoms with Crippen molar-refractivity contribution in [1.29, 1.82) is 0 Å². The van der Waals surface area contributed by atoms with Crippen LogP contribution in [0.1, 0.15) is 52.2 Å². The minimum Gasteiger partial charge on any atom is -0.459 e. The summed E-state index contributed by atoms with van der Waals surface area (Å²) in [7, 11) is 0. The second-order valence-corrected chi connectivity index (χ2v) is 5.95. The van der Waals surface area contributed by atoms with Crippen LogP contribution in [0.3, 0.4) is 0 Å². The van der Waals surface area contributed by atoms with Crippen molar-refractivity contribution in [2.45, 2.75) is 52.1 Å². The Kier molecular flexibility index (Phi) is 3.64. The van der Waals surface area contributed by atoms with Gasteiger partial charge in [-0.15, -0.1) is 11.3 Å². The molecule has 0 unspecified atom stereocenters. The van der Waals surface area contributed by atoms with E-state index in [0.717, 1.165) is 23.3 Å². The molecular formula is C13H18O2S. The third kappa shape index (κ3) is 2.64. The normalized spacial score (nSPS) is 17.4. The summed E-state index contributed by atoms with van der Waals surface area (Å²) in [6.07, 6.45) is 5.90. The summed E-state index contributed by atoms with van der Waals surface area (Å²) in [4.78, 5) is 14.2. The summed E-state index contributed by atoms with van der Waals surface area (Å²) in [5.41, 5.74) is 0.757. The van der Waals surface area contributed by atoms with Crippen LogP contribution in [0, 0.1) is 13.8 Å². The molecule has 1 saturated carbocycles. The lowest BCUT2D eigenvalue weighted by molar-refractivity contribution is 0.0211. The number of rotatable bonds is 2. The highest BCUT2D eigenvalue weighted by molar-refractivity contribution is 7.12. The van der Waals surface area contributed by atoms with Crippen LogP contribution in [-0.4, -0.2) is 12.1 Å². The molecule has 0 amide bonds. The Morgan fingerprint density at radius 1 is 1.31 bits per heavy atom. The summed E-state index contributed by atoms with van der Waals surface area (Å²) in [6.45, 7) is 4.00. The highest BCUT2D eigenvalue weighted by atomic mass is 32.1. The minimum atomic E-state index is -0.131. The highest BCUT2D eigenvalue weighted by Gasteiger charge is 2.20. The average molecular weight is 238 g/mol. The second kappa shape index (κ2) is 5.00. The Balaban J connectivity index is 1.99. The number of thiophene rings is 1. The van der Waals surface area contributed by atoms with Gasteiger partial charge in [0.15, 0.2) is 0 Å². The van der Waals surface area contributed by atoms with Crippen LogP contribution in [0.2, 0.25) is 0 Å². The molecule has 0 N–H and O–H groups in total. The molecular weight excluding hydrogens is 220 g/mol. The maximum Gasteiger partial charge on any atom is 0.339 e. The molecule has 1 heterocycles. The van der Waals surface area contributed by atoms with Crippen molar-refractivity contribution in [3.63, 3.8) is 0 Å². The Labute approximate surface area is 101 Å². The predicted octanol–water partition coefficient (Wildman–Crippen LogP) is 3.85. The molecule has 0 bridgehead atoms. The fraction of sp³-hybridized carbons (Fsp3) is 0.615.